The van der Waals surface area contributed by atoms with Gasteiger partial charge in [0.2, 0.25) is 29.4 Å². The van der Waals surface area contributed by atoms with Gasteiger partial charge in [-0.05, 0) is 64.2 Å². The lowest BCUT2D eigenvalue weighted by atomic mass is 9.88. The zero-order chi connectivity index (χ0) is 29.6. The number of hydrogen-bond acceptors (Lipinski definition) is 6. The fraction of sp³-hybridized carbons (Fsp3) is 0.793. The van der Waals surface area contributed by atoms with Crippen LogP contribution in [0.4, 0.5) is 0 Å². The maximum atomic E-state index is 13.9. The second-order valence-electron chi connectivity index (χ2n) is 12.8. The van der Waals surface area contributed by atoms with Crippen molar-refractivity contribution in [2.75, 3.05) is 13.6 Å². The molecule has 0 aromatic carbocycles. The molecule has 224 valence electrons. The Morgan fingerprint density at radius 1 is 0.950 bits per heavy atom. The van der Waals surface area contributed by atoms with Crippen LogP contribution in [0, 0.1) is 17.3 Å². The molecule has 0 unspecified atom stereocenters. The minimum Gasteiger partial charge on any atom is -0.356 e. The highest BCUT2D eigenvalue weighted by molar-refractivity contribution is 6.38. The molecule has 4 atom stereocenters. The van der Waals surface area contributed by atoms with E-state index in [0.717, 1.165) is 51.4 Å². The Morgan fingerprint density at radius 3 is 2.15 bits per heavy atom. The molecule has 3 rings (SSSR count). The quantitative estimate of drug-likeness (QED) is 0.278. The fourth-order valence-corrected chi connectivity index (χ4v) is 5.70. The van der Waals surface area contributed by atoms with Gasteiger partial charge >= 0.3 is 0 Å². The second kappa shape index (κ2) is 13.6. The van der Waals surface area contributed by atoms with Gasteiger partial charge in [0, 0.05) is 31.0 Å². The third-order valence-corrected chi connectivity index (χ3v) is 8.50. The fourth-order valence-electron chi connectivity index (χ4n) is 5.70. The molecule has 0 aromatic rings. The van der Waals surface area contributed by atoms with Crippen molar-refractivity contribution in [2.45, 2.75) is 116 Å². The first kappa shape index (κ1) is 31.5. The standard InChI is InChI=1S/C29H47N5O6/c1-17(31-28(40)29(2,3)4)27(39)34(5)22(18-10-6-7-11-18)25(37)33-21(16-19-12-9-15-30-24(19)36)23(35)26(38)32-20-13-8-14-20/h17-22H,6-16H2,1-5H3,(H,30,36)(H,31,40)(H,32,38)(H,33,37)/t17-,19+,21+,22+/m1/s1. The van der Waals surface area contributed by atoms with E-state index < -0.39 is 53.0 Å². The van der Waals surface area contributed by atoms with E-state index in [1.807, 2.05) is 0 Å². The summed E-state index contributed by atoms with van der Waals surface area (Å²) >= 11 is 0. The molecule has 2 aliphatic carbocycles. The van der Waals surface area contributed by atoms with Crippen LogP contribution in [-0.4, -0.2) is 78.0 Å². The molecule has 2 saturated carbocycles. The predicted octanol–water partition coefficient (Wildman–Crippen LogP) is 1.19. The van der Waals surface area contributed by atoms with E-state index in [9.17, 15) is 28.8 Å². The molecule has 0 radical (unpaired) electrons. The van der Waals surface area contributed by atoms with E-state index in [2.05, 4.69) is 21.3 Å². The molecule has 1 heterocycles. The summed E-state index contributed by atoms with van der Waals surface area (Å²) in [7, 11) is 1.54. The van der Waals surface area contributed by atoms with Gasteiger partial charge in [-0.25, -0.2) is 0 Å². The summed E-state index contributed by atoms with van der Waals surface area (Å²) in [4.78, 5) is 79.7. The maximum absolute atomic E-state index is 13.9. The normalized spacial score (nSPS) is 22.2. The van der Waals surface area contributed by atoms with Crippen LogP contribution in [0.5, 0.6) is 0 Å². The average molecular weight is 562 g/mol. The van der Waals surface area contributed by atoms with Crippen LogP contribution in [0.1, 0.15) is 91.9 Å². The van der Waals surface area contributed by atoms with Gasteiger partial charge in [-0.2, -0.15) is 0 Å². The number of Topliss-reactive ketones (excluding diaryl/α,β-unsaturated/α-hetero) is 1. The van der Waals surface area contributed by atoms with Crippen molar-refractivity contribution in [3.8, 4) is 0 Å². The number of amides is 5. The number of hydrogen-bond donors (Lipinski definition) is 4. The largest absolute Gasteiger partial charge is 0.356 e. The lowest BCUT2D eigenvalue weighted by molar-refractivity contribution is -0.146. The third kappa shape index (κ3) is 8.04. The first-order valence-corrected chi connectivity index (χ1v) is 14.8. The summed E-state index contributed by atoms with van der Waals surface area (Å²) in [6, 6.07) is -2.98. The number of carbonyl (C=O) groups is 6. The molecule has 11 heteroatoms. The summed E-state index contributed by atoms with van der Waals surface area (Å²) in [5.74, 6) is -3.58. The second-order valence-corrected chi connectivity index (χ2v) is 12.8. The molecule has 3 fully saturated rings. The Balaban J connectivity index is 1.79. The van der Waals surface area contributed by atoms with Gasteiger partial charge in [0.15, 0.2) is 0 Å². The zero-order valence-corrected chi connectivity index (χ0v) is 24.6. The van der Waals surface area contributed by atoms with E-state index >= 15 is 0 Å². The van der Waals surface area contributed by atoms with Crippen LogP contribution in [0.2, 0.25) is 0 Å². The molecular weight excluding hydrogens is 514 g/mol. The highest BCUT2D eigenvalue weighted by Gasteiger charge is 2.41. The van der Waals surface area contributed by atoms with Crippen molar-refractivity contribution in [3.63, 3.8) is 0 Å². The molecule has 40 heavy (non-hydrogen) atoms. The highest BCUT2D eigenvalue weighted by atomic mass is 16.2. The van der Waals surface area contributed by atoms with Gasteiger partial charge in [0.05, 0.1) is 6.04 Å². The summed E-state index contributed by atoms with van der Waals surface area (Å²) in [6.07, 6.45) is 7.24. The molecular formula is C29H47N5O6. The van der Waals surface area contributed by atoms with Gasteiger partial charge in [-0.1, -0.05) is 33.6 Å². The number of nitrogens with one attached hydrogen (secondary N) is 4. The number of likely N-dealkylation sites (N-methyl/N-ethyl adjacent to an activating group) is 1. The van der Waals surface area contributed by atoms with Crippen LogP contribution >= 0.6 is 0 Å². The Morgan fingerprint density at radius 2 is 1.60 bits per heavy atom. The number of nitrogens with zero attached hydrogens (tertiary/aromatic N) is 1. The maximum Gasteiger partial charge on any atom is 0.289 e. The molecule has 1 saturated heterocycles. The minimum absolute atomic E-state index is 0.0155. The molecule has 5 amide bonds. The van der Waals surface area contributed by atoms with Crippen molar-refractivity contribution < 1.29 is 28.8 Å². The molecule has 3 aliphatic rings. The summed E-state index contributed by atoms with van der Waals surface area (Å²) in [5, 5.41) is 11.1. The monoisotopic (exact) mass is 561 g/mol. The van der Waals surface area contributed by atoms with Gasteiger partial charge < -0.3 is 26.2 Å². The van der Waals surface area contributed by atoms with Crippen LogP contribution in [0.25, 0.3) is 0 Å². The van der Waals surface area contributed by atoms with Crippen LogP contribution in [-0.2, 0) is 28.8 Å². The zero-order valence-electron chi connectivity index (χ0n) is 24.6. The van der Waals surface area contributed by atoms with Crippen molar-refractivity contribution in [3.05, 3.63) is 0 Å². The molecule has 0 bridgehead atoms. The van der Waals surface area contributed by atoms with Crippen molar-refractivity contribution in [2.24, 2.45) is 17.3 Å². The minimum atomic E-state index is -1.19. The van der Waals surface area contributed by atoms with E-state index in [1.54, 1.807) is 34.7 Å². The van der Waals surface area contributed by atoms with Crippen molar-refractivity contribution >= 4 is 35.3 Å². The molecule has 1 aliphatic heterocycles. The predicted molar refractivity (Wildman–Crippen MR) is 149 cm³/mol. The van der Waals surface area contributed by atoms with Crippen molar-refractivity contribution in [1.29, 1.82) is 0 Å². The van der Waals surface area contributed by atoms with E-state index in [4.69, 9.17) is 0 Å². The Bertz CT molecular complexity index is 982. The first-order chi connectivity index (χ1) is 18.8. The molecule has 0 spiro atoms. The van der Waals surface area contributed by atoms with Crippen LogP contribution < -0.4 is 21.3 Å². The number of ketones is 1. The lowest BCUT2D eigenvalue weighted by Crippen LogP contribution is -2.59. The lowest BCUT2D eigenvalue weighted by Gasteiger charge is -2.35. The van der Waals surface area contributed by atoms with Crippen LogP contribution in [0.15, 0.2) is 0 Å². The Labute approximate surface area is 237 Å². The molecule has 11 nitrogen and oxygen atoms in total. The van der Waals surface area contributed by atoms with Gasteiger partial charge in [0.1, 0.15) is 12.1 Å². The summed E-state index contributed by atoms with van der Waals surface area (Å²) < 4.78 is 0. The van der Waals surface area contributed by atoms with Gasteiger partial charge in [-0.3, -0.25) is 28.8 Å². The van der Waals surface area contributed by atoms with E-state index in [0.29, 0.717) is 13.0 Å². The van der Waals surface area contributed by atoms with Gasteiger partial charge in [-0.15, -0.1) is 0 Å². The number of rotatable bonds is 11. The topological polar surface area (TPSA) is 154 Å². The average Bonchev–Trinajstić information content (AvgIpc) is 3.39. The van der Waals surface area contributed by atoms with Gasteiger partial charge in [0.25, 0.3) is 5.91 Å². The van der Waals surface area contributed by atoms with E-state index in [-0.39, 0.29) is 30.2 Å². The van der Waals surface area contributed by atoms with E-state index in [1.165, 1.54) is 4.90 Å². The van der Waals surface area contributed by atoms with Crippen molar-refractivity contribution in [1.82, 2.24) is 26.2 Å². The smallest absolute Gasteiger partial charge is 0.289 e. The number of carbonyl (C=O) groups excluding carboxylic acids is 6. The Kier molecular flexibility index (Phi) is 10.7. The molecule has 4 N–H and O–H groups in total. The first-order valence-electron chi connectivity index (χ1n) is 14.8. The van der Waals surface area contributed by atoms with Crippen LogP contribution in [0.3, 0.4) is 0 Å². The SMILES string of the molecule is C[C@@H](NC(=O)C(C)(C)C)C(=O)N(C)[C@H](C(=O)N[C@@H](C[C@@H]1CCCNC1=O)C(=O)C(=O)NC1CCC1)C1CCCC1. The number of piperidine rings is 1. The molecule has 0 aromatic heterocycles. The summed E-state index contributed by atoms with van der Waals surface area (Å²) in [6.45, 7) is 7.41. The Hall–Kier alpha value is -2.98. The summed E-state index contributed by atoms with van der Waals surface area (Å²) in [5.41, 5.74) is -0.686. The highest BCUT2D eigenvalue weighted by Crippen LogP contribution is 2.31. The third-order valence-electron chi connectivity index (χ3n) is 8.50.